The summed E-state index contributed by atoms with van der Waals surface area (Å²) < 4.78 is 26.2. The molecule has 6 heteroatoms. The first-order valence-corrected chi connectivity index (χ1v) is 7.88. The third kappa shape index (κ3) is 2.27. The van der Waals surface area contributed by atoms with E-state index in [2.05, 4.69) is 15.9 Å². The highest BCUT2D eigenvalue weighted by Gasteiger charge is 2.32. The Morgan fingerprint density at radius 3 is 2.73 bits per heavy atom. The first-order valence-electron chi connectivity index (χ1n) is 4.71. The lowest BCUT2D eigenvalue weighted by Gasteiger charge is -2.13. The van der Waals surface area contributed by atoms with E-state index in [9.17, 15) is 8.42 Å². The molecule has 0 aromatic carbocycles. The normalized spacial score (nSPS) is 23.5. The first kappa shape index (κ1) is 11.6. The van der Waals surface area contributed by atoms with E-state index in [-0.39, 0.29) is 0 Å². The molecular weight excluding hydrogens is 298 g/mol. The monoisotopic (exact) mass is 309 g/mol. The van der Waals surface area contributed by atoms with E-state index in [1.807, 2.05) is 13.0 Å². The molecule has 0 amide bonds. The van der Waals surface area contributed by atoms with Gasteiger partial charge in [0.1, 0.15) is 4.21 Å². The second-order valence-electron chi connectivity index (χ2n) is 3.61. The summed E-state index contributed by atoms with van der Waals surface area (Å²) in [7, 11) is -3.23. The highest BCUT2D eigenvalue weighted by molar-refractivity contribution is 9.09. The molecule has 0 aliphatic carbocycles. The van der Waals surface area contributed by atoms with Crippen molar-refractivity contribution in [1.82, 2.24) is 4.31 Å². The fraction of sp³-hybridized carbons (Fsp3) is 0.556. The summed E-state index contributed by atoms with van der Waals surface area (Å²) in [5.41, 5.74) is 0. The molecular formula is C9H12BrNO2S2. The Morgan fingerprint density at radius 2 is 2.27 bits per heavy atom. The number of rotatable bonds is 2. The van der Waals surface area contributed by atoms with E-state index in [0.717, 1.165) is 11.3 Å². The van der Waals surface area contributed by atoms with Gasteiger partial charge < -0.3 is 0 Å². The van der Waals surface area contributed by atoms with E-state index < -0.39 is 10.0 Å². The maximum atomic E-state index is 12.1. The average Bonchev–Trinajstić information content (AvgIpc) is 2.74. The van der Waals surface area contributed by atoms with Crippen LogP contribution in [0.3, 0.4) is 0 Å². The van der Waals surface area contributed by atoms with Crippen LogP contribution in [0.4, 0.5) is 0 Å². The van der Waals surface area contributed by atoms with E-state index in [1.54, 1.807) is 10.4 Å². The molecule has 15 heavy (non-hydrogen) atoms. The molecule has 2 heterocycles. The van der Waals surface area contributed by atoms with Crippen LogP contribution in [0.2, 0.25) is 0 Å². The standard InChI is InChI=1S/C9H12BrNO2S2/c1-7-2-3-9(14-7)15(12,13)11-5-4-8(10)6-11/h2-3,8H,4-6H2,1H3. The Labute approximate surface area is 102 Å². The lowest BCUT2D eigenvalue weighted by atomic mass is 10.4. The Bertz CT molecular complexity index is 454. The lowest BCUT2D eigenvalue weighted by Crippen LogP contribution is -2.28. The van der Waals surface area contributed by atoms with Crippen LogP contribution in [0.15, 0.2) is 16.3 Å². The molecule has 0 radical (unpaired) electrons. The molecule has 84 valence electrons. The van der Waals surface area contributed by atoms with Gasteiger partial charge in [0, 0.05) is 22.8 Å². The molecule has 1 atom stereocenters. The van der Waals surface area contributed by atoms with Gasteiger partial charge in [-0.3, -0.25) is 0 Å². The van der Waals surface area contributed by atoms with Crippen molar-refractivity contribution in [1.29, 1.82) is 0 Å². The molecule has 2 rings (SSSR count). The highest BCUT2D eigenvalue weighted by atomic mass is 79.9. The number of halogens is 1. The molecule has 3 nitrogen and oxygen atoms in total. The molecule has 1 aromatic rings. The van der Waals surface area contributed by atoms with Crippen LogP contribution in [-0.4, -0.2) is 30.6 Å². The number of alkyl halides is 1. The van der Waals surface area contributed by atoms with Gasteiger partial charge in [0.15, 0.2) is 0 Å². The Kier molecular flexibility index (Phi) is 3.21. The van der Waals surface area contributed by atoms with Crippen molar-refractivity contribution in [2.24, 2.45) is 0 Å². The SMILES string of the molecule is Cc1ccc(S(=O)(=O)N2CCC(Br)C2)s1. The van der Waals surface area contributed by atoms with Gasteiger partial charge in [-0.15, -0.1) is 11.3 Å². The van der Waals surface area contributed by atoms with E-state index in [4.69, 9.17) is 0 Å². The van der Waals surface area contributed by atoms with Crippen molar-refractivity contribution < 1.29 is 8.42 Å². The number of sulfonamides is 1. The number of aryl methyl sites for hydroxylation is 1. The topological polar surface area (TPSA) is 37.4 Å². The summed E-state index contributed by atoms with van der Waals surface area (Å²) in [4.78, 5) is 1.33. The molecule has 1 unspecified atom stereocenters. The zero-order chi connectivity index (χ0) is 11.1. The van der Waals surface area contributed by atoms with Crippen molar-refractivity contribution in [2.45, 2.75) is 22.4 Å². The zero-order valence-corrected chi connectivity index (χ0v) is 11.5. The Balaban J connectivity index is 2.27. The fourth-order valence-electron chi connectivity index (χ4n) is 1.58. The maximum Gasteiger partial charge on any atom is 0.252 e. The third-order valence-corrected chi connectivity index (χ3v) is 6.48. The van der Waals surface area contributed by atoms with Gasteiger partial charge >= 0.3 is 0 Å². The largest absolute Gasteiger partial charge is 0.252 e. The van der Waals surface area contributed by atoms with Gasteiger partial charge in [0.05, 0.1) is 0 Å². The summed E-state index contributed by atoms with van der Waals surface area (Å²) in [5, 5.41) is 0. The molecule has 0 saturated carbocycles. The van der Waals surface area contributed by atoms with Gasteiger partial charge in [-0.05, 0) is 25.5 Å². The average molecular weight is 310 g/mol. The van der Waals surface area contributed by atoms with Crippen molar-refractivity contribution in [3.63, 3.8) is 0 Å². The van der Waals surface area contributed by atoms with Crippen LogP contribution >= 0.6 is 27.3 Å². The van der Waals surface area contributed by atoms with Crippen molar-refractivity contribution in [2.75, 3.05) is 13.1 Å². The van der Waals surface area contributed by atoms with Gasteiger partial charge in [-0.2, -0.15) is 4.31 Å². The maximum absolute atomic E-state index is 12.1. The van der Waals surface area contributed by atoms with E-state index in [1.165, 1.54) is 11.3 Å². The van der Waals surface area contributed by atoms with Gasteiger partial charge in [-0.25, -0.2) is 8.42 Å². The zero-order valence-electron chi connectivity index (χ0n) is 8.31. The summed E-state index contributed by atoms with van der Waals surface area (Å²) in [6.07, 6.45) is 0.892. The minimum Gasteiger partial charge on any atom is -0.206 e. The van der Waals surface area contributed by atoms with Crippen LogP contribution in [0.5, 0.6) is 0 Å². The van der Waals surface area contributed by atoms with Crippen molar-refractivity contribution >= 4 is 37.3 Å². The predicted octanol–water partition coefficient (Wildman–Crippen LogP) is 2.21. The molecule has 1 saturated heterocycles. The van der Waals surface area contributed by atoms with Crippen LogP contribution in [0, 0.1) is 6.92 Å². The van der Waals surface area contributed by atoms with Gasteiger partial charge in [0.2, 0.25) is 0 Å². The molecule has 1 aliphatic rings. The highest BCUT2D eigenvalue weighted by Crippen LogP contribution is 2.28. The quantitative estimate of drug-likeness (QED) is 0.786. The Hall–Kier alpha value is 0.0900. The minimum absolute atomic E-state index is 0.299. The summed E-state index contributed by atoms with van der Waals surface area (Å²) >= 11 is 4.78. The van der Waals surface area contributed by atoms with Crippen molar-refractivity contribution in [3.05, 3.63) is 17.0 Å². The smallest absolute Gasteiger partial charge is 0.206 e. The number of thiophene rings is 1. The lowest BCUT2D eigenvalue weighted by molar-refractivity contribution is 0.480. The van der Waals surface area contributed by atoms with Crippen LogP contribution in [-0.2, 0) is 10.0 Å². The van der Waals surface area contributed by atoms with E-state index in [0.29, 0.717) is 22.1 Å². The second-order valence-corrected chi connectivity index (χ2v) is 8.36. The number of hydrogen-bond donors (Lipinski definition) is 0. The van der Waals surface area contributed by atoms with Crippen LogP contribution < -0.4 is 0 Å². The molecule has 1 aliphatic heterocycles. The van der Waals surface area contributed by atoms with E-state index >= 15 is 0 Å². The molecule has 0 bridgehead atoms. The Morgan fingerprint density at radius 1 is 1.53 bits per heavy atom. The van der Waals surface area contributed by atoms with Crippen LogP contribution in [0.25, 0.3) is 0 Å². The minimum atomic E-state index is -3.23. The summed E-state index contributed by atoms with van der Waals surface area (Å²) in [5.74, 6) is 0. The molecule has 0 spiro atoms. The van der Waals surface area contributed by atoms with Crippen molar-refractivity contribution in [3.8, 4) is 0 Å². The summed E-state index contributed by atoms with van der Waals surface area (Å²) in [6, 6.07) is 3.54. The van der Waals surface area contributed by atoms with Crippen LogP contribution in [0.1, 0.15) is 11.3 Å². The predicted molar refractivity (Wildman–Crippen MR) is 65.1 cm³/mol. The second kappa shape index (κ2) is 4.16. The number of nitrogens with zero attached hydrogens (tertiary/aromatic N) is 1. The fourth-order valence-corrected chi connectivity index (χ4v) is 5.27. The number of hydrogen-bond acceptors (Lipinski definition) is 3. The molecule has 0 N–H and O–H groups in total. The third-order valence-electron chi connectivity index (χ3n) is 2.40. The summed E-state index contributed by atoms with van der Waals surface area (Å²) in [6.45, 7) is 3.12. The molecule has 1 fully saturated rings. The first-order chi connectivity index (χ1) is 7.00. The van der Waals surface area contributed by atoms with Gasteiger partial charge in [0.25, 0.3) is 10.0 Å². The molecule has 1 aromatic heterocycles. The van der Waals surface area contributed by atoms with Gasteiger partial charge in [-0.1, -0.05) is 15.9 Å².